The Labute approximate surface area is 185 Å². The van der Waals surface area contributed by atoms with Gasteiger partial charge in [-0.15, -0.1) is 0 Å². The van der Waals surface area contributed by atoms with Crippen LogP contribution in [0.25, 0.3) is 0 Å². The molecule has 0 saturated carbocycles. The molecule has 3 unspecified atom stereocenters. The Bertz CT molecular complexity index is 621. The normalized spacial score (nSPS) is 22.5. The van der Waals surface area contributed by atoms with Crippen molar-refractivity contribution in [3.05, 3.63) is 0 Å². The molecule has 5 atom stereocenters. The molecule has 1 fully saturated rings. The number of thioether (sulfide) groups is 1. The van der Waals surface area contributed by atoms with E-state index in [1.807, 2.05) is 0 Å². The van der Waals surface area contributed by atoms with Crippen molar-refractivity contribution in [2.24, 2.45) is 5.73 Å². The highest BCUT2D eigenvalue weighted by Crippen LogP contribution is 2.33. The third-order valence-corrected chi connectivity index (χ3v) is 6.26. The van der Waals surface area contributed by atoms with Crippen molar-refractivity contribution in [1.82, 2.24) is 10.6 Å². The molecule has 1 saturated heterocycles. The summed E-state index contributed by atoms with van der Waals surface area (Å²) in [6.07, 6.45) is 2.89. The van der Waals surface area contributed by atoms with Gasteiger partial charge in [-0.05, 0) is 12.8 Å². The summed E-state index contributed by atoms with van der Waals surface area (Å²) in [5.41, 5.74) is 5.39. The number of aliphatic hydroxyl groups excluding tert-OH is 1. The second-order valence-electron chi connectivity index (χ2n) is 7.45. The first-order chi connectivity index (χ1) is 14.6. The highest BCUT2D eigenvalue weighted by molar-refractivity contribution is 8.00. The number of aliphatic hydroxyl groups is 1. The van der Waals surface area contributed by atoms with Crippen LogP contribution in [-0.2, 0) is 23.9 Å². The molecule has 0 bridgehead atoms. The van der Waals surface area contributed by atoms with Crippen LogP contribution in [0.3, 0.4) is 0 Å². The topological polar surface area (TPSA) is 188 Å². The lowest BCUT2D eigenvalue weighted by atomic mass is 10.1. The summed E-state index contributed by atoms with van der Waals surface area (Å²) < 4.78 is 5.56. The quantitative estimate of drug-likeness (QED) is 0.175. The molecule has 2 amide bonds. The van der Waals surface area contributed by atoms with E-state index in [0.717, 1.165) is 25.7 Å². The van der Waals surface area contributed by atoms with Crippen LogP contribution in [0.5, 0.6) is 0 Å². The van der Waals surface area contributed by atoms with Crippen molar-refractivity contribution in [3.63, 3.8) is 0 Å². The molecule has 1 aliphatic rings. The van der Waals surface area contributed by atoms with Gasteiger partial charge in [0.25, 0.3) is 0 Å². The van der Waals surface area contributed by atoms with Crippen LogP contribution in [0.15, 0.2) is 0 Å². The van der Waals surface area contributed by atoms with Gasteiger partial charge in [0.05, 0.1) is 6.10 Å². The van der Waals surface area contributed by atoms with Crippen molar-refractivity contribution in [2.45, 2.75) is 81.6 Å². The average molecular weight is 464 g/mol. The molecule has 0 aromatic carbocycles. The lowest BCUT2D eigenvalue weighted by Crippen LogP contribution is -2.50. The molecule has 1 aliphatic heterocycles. The van der Waals surface area contributed by atoms with Crippen LogP contribution in [0.4, 0.5) is 0 Å². The van der Waals surface area contributed by atoms with Crippen molar-refractivity contribution in [3.8, 4) is 0 Å². The highest BCUT2D eigenvalue weighted by atomic mass is 32.2. The molecular weight excluding hydrogens is 430 g/mol. The number of carboxylic acid groups (broad SMARTS) is 2. The number of ether oxygens (including phenoxy) is 1. The van der Waals surface area contributed by atoms with Crippen LogP contribution in [0, 0.1) is 0 Å². The molecule has 31 heavy (non-hydrogen) atoms. The maximum atomic E-state index is 12.4. The number of rotatable bonds is 15. The number of nitrogens with two attached hydrogens (primary N) is 1. The minimum absolute atomic E-state index is 0.0704. The third kappa shape index (κ3) is 10.8. The van der Waals surface area contributed by atoms with E-state index in [4.69, 9.17) is 20.7 Å². The van der Waals surface area contributed by atoms with E-state index in [1.54, 1.807) is 0 Å². The third-order valence-electron chi connectivity index (χ3n) is 4.81. The molecule has 0 aromatic heterocycles. The van der Waals surface area contributed by atoms with E-state index in [2.05, 4.69) is 17.6 Å². The molecule has 11 nitrogen and oxygen atoms in total. The zero-order valence-corrected chi connectivity index (χ0v) is 18.4. The van der Waals surface area contributed by atoms with Gasteiger partial charge in [0.15, 0.2) is 6.29 Å². The number of unbranched alkanes of at least 4 members (excludes halogenated alkanes) is 2. The van der Waals surface area contributed by atoms with Gasteiger partial charge in [-0.3, -0.25) is 19.2 Å². The van der Waals surface area contributed by atoms with Crippen LogP contribution in [0.2, 0.25) is 0 Å². The van der Waals surface area contributed by atoms with Crippen molar-refractivity contribution in [1.29, 1.82) is 0 Å². The zero-order chi connectivity index (χ0) is 23.4. The predicted molar refractivity (Wildman–Crippen MR) is 113 cm³/mol. The lowest BCUT2D eigenvalue weighted by molar-refractivity contribution is -0.139. The predicted octanol–water partition coefficient (Wildman–Crippen LogP) is -0.346. The van der Waals surface area contributed by atoms with Crippen molar-refractivity contribution in [2.75, 3.05) is 12.3 Å². The Morgan fingerprint density at radius 3 is 2.55 bits per heavy atom. The van der Waals surface area contributed by atoms with Crippen molar-refractivity contribution >= 4 is 35.5 Å². The molecular formula is C19H33N3O8S. The van der Waals surface area contributed by atoms with Crippen LogP contribution in [-0.4, -0.2) is 81.1 Å². The second-order valence-corrected chi connectivity index (χ2v) is 8.72. The van der Waals surface area contributed by atoms with Crippen LogP contribution in [0.1, 0.15) is 51.9 Å². The molecule has 0 aromatic rings. The smallest absolute Gasteiger partial charge is 0.322 e. The lowest BCUT2D eigenvalue weighted by Gasteiger charge is -2.22. The van der Waals surface area contributed by atoms with Crippen LogP contribution >= 0.6 is 11.8 Å². The summed E-state index contributed by atoms with van der Waals surface area (Å²) >= 11 is 1.37. The Kier molecular flexibility index (Phi) is 12.5. The Balaban J connectivity index is 2.67. The monoisotopic (exact) mass is 463 g/mol. The largest absolute Gasteiger partial charge is 0.480 e. The van der Waals surface area contributed by atoms with E-state index in [0.29, 0.717) is 6.42 Å². The van der Waals surface area contributed by atoms with Gasteiger partial charge < -0.3 is 36.4 Å². The SMILES string of the molecule is CCCCCC1OC(O)CC1SC[C@@H](NC(=O)CC[C@H](N)C(=O)O)C(=O)NCC(=O)O. The molecule has 0 spiro atoms. The van der Waals surface area contributed by atoms with E-state index < -0.39 is 48.7 Å². The standard InChI is InChI=1S/C19H33N3O8S/c1-2-3-4-5-13-14(8-17(26)30-13)31-10-12(18(27)21-9-16(24)25)22-15(23)7-6-11(20)19(28)29/h11-14,17,26H,2-10,20H2,1H3,(H,21,27)(H,22,23)(H,24,25)(H,28,29)/t11-,12+,13?,14?,17?/m0/s1. The zero-order valence-electron chi connectivity index (χ0n) is 17.6. The molecule has 0 radical (unpaired) electrons. The maximum Gasteiger partial charge on any atom is 0.322 e. The van der Waals surface area contributed by atoms with Gasteiger partial charge in [-0.25, -0.2) is 0 Å². The number of carbonyl (C=O) groups is 4. The first-order valence-electron chi connectivity index (χ1n) is 10.4. The fraction of sp³-hybridized carbons (Fsp3) is 0.789. The summed E-state index contributed by atoms with van der Waals surface area (Å²) in [7, 11) is 0. The number of aliphatic carboxylic acids is 2. The second kappa shape index (κ2) is 14.2. The van der Waals surface area contributed by atoms with Gasteiger partial charge in [0.2, 0.25) is 11.8 Å². The summed E-state index contributed by atoms with van der Waals surface area (Å²) in [5, 5.41) is 32.1. The number of amides is 2. The Hall–Kier alpha value is -1.89. The van der Waals surface area contributed by atoms with E-state index >= 15 is 0 Å². The fourth-order valence-electron chi connectivity index (χ4n) is 3.09. The first-order valence-corrected chi connectivity index (χ1v) is 11.4. The molecule has 7 N–H and O–H groups in total. The van der Waals surface area contributed by atoms with Crippen molar-refractivity contribution < 1.29 is 39.2 Å². The molecule has 0 aliphatic carbocycles. The van der Waals surface area contributed by atoms with E-state index in [9.17, 15) is 24.3 Å². The summed E-state index contributed by atoms with van der Waals surface area (Å²) in [6, 6.07) is -2.22. The number of hydrogen-bond donors (Lipinski definition) is 6. The average Bonchev–Trinajstić information content (AvgIpc) is 3.06. The van der Waals surface area contributed by atoms with Crippen LogP contribution < -0.4 is 16.4 Å². The molecule has 1 heterocycles. The summed E-state index contributed by atoms with van der Waals surface area (Å²) in [6.45, 7) is 1.49. The molecule has 178 valence electrons. The highest BCUT2D eigenvalue weighted by Gasteiger charge is 2.35. The van der Waals surface area contributed by atoms with Gasteiger partial charge in [0.1, 0.15) is 18.6 Å². The van der Waals surface area contributed by atoms with Gasteiger partial charge in [-0.2, -0.15) is 11.8 Å². The molecule has 12 heteroatoms. The minimum atomic E-state index is -1.23. The number of hydrogen-bond acceptors (Lipinski definition) is 8. The minimum Gasteiger partial charge on any atom is -0.480 e. The van der Waals surface area contributed by atoms with Gasteiger partial charge >= 0.3 is 11.9 Å². The van der Waals surface area contributed by atoms with Gasteiger partial charge in [-0.1, -0.05) is 26.2 Å². The maximum absolute atomic E-state index is 12.4. The number of nitrogens with one attached hydrogen (secondary N) is 2. The number of carbonyl (C=O) groups excluding carboxylic acids is 2. The van der Waals surface area contributed by atoms with E-state index in [-0.39, 0.29) is 29.9 Å². The fourth-order valence-corrected chi connectivity index (χ4v) is 4.48. The van der Waals surface area contributed by atoms with Gasteiger partial charge in [0, 0.05) is 23.8 Å². The Morgan fingerprint density at radius 2 is 1.94 bits per heavy atom. The molecule has 1 rings (SSSR count). The van der Waals surface area contributed by atoms with E-state index in [1.165, 1.54) is 11.8 Å². The summed E-state index contributed by atoms with van der Waals surface area (Å²) in [5.74, 6) is -3.52. The Morgan fingerprint density at radius 1 is 1.23 bits per heavy atom. The number of carboxylic acids is 2. The first kappa shape index (κ1) is 27.1. The summed E-state index contributed by atoms with van der Waals surface area (Å²) in [4.78, 5) is 46.1.